The van der Waals surface area contributed by atoms with E-state index in [2.05, 4.69) is 21.2 Å². The van der Waals surface area contributed by atoms with Crippen molar-refractivity contribution in [3.63, 3.8) is 0 Å². The number of anilines is 1. The van der Waals surface area contributed by atoms with Crippen LogP contribution in [0.4, 0.5) is 10.1 Å². The van der Waals surface area contributed by atoms with Crippen LogP contribution >= 0.6 is 15.9 Å². The number of carbonyl (C=O) groups excluding carboxylic acids is 1. The zero-order valence-electron chi connectivity index (χ0n) is 11.1. The fourth-order valence-corrected chi connectivity index (χ4v) is 2.76. The second kappa shape index (κ2) is 5.00. The summed E-state index contributed by atoms with van der Waals surface area (Å²) in [5.41, 5.74) is 3.34. The highest BCUT2D eigenvalue weighted by molar-refractivity contribution is 9.10. The molecule has 3 rings (SSSR count). The molecule has 106 valence electrons. The van der Waals surface area contributed by atoms with Gasteiger partial charge in [-0.05, 0) is 48.4 Å². The van der Waals surface area contributed by atoms with E-state index in [-0.39, 0.29) is 5.91 Å². The van der Waals surface area contributed by atoms with Gasteiger partial charge in [0.05, 0.1) is 5.57 Å². The average Bonchev–Trinajstić information content (AvgIpc) is 2.76. The van der Waals surface area contributed by atoms with Crippen LogP contribution in [0.25, 0.3) is 11.1 Å². The standard InChI is InChI=1S/C16H11BrFNO2/c1-8(9-2-4-12(18)14(20)6-9)15-11-7-10(17)3-5-13(11)19-16(15)21/h2-7,20H,1H3,(H,19,21)/b15-8+. The Hall–Kier alpha value is -2.14. The van der Waals surface area contributed by atoms with Crippen LogP contribution < -0.4 is 5.32 Å². The fraction of sp³-hybridized carbons (Fsp3) is 0.0625. The van der Waals surface area contributed by atoms with E-state index in [1.807, 2.05) is 18.2 Å². The summed E-state index contributed by atoms with van der Waals surface area (Å²) in [6, 6.07) is 9.57. The molecule has 2 aromatic rings. The molecule has 0 unspecified atom stereocenters. The highest BCUT2D eigenvalue weighted by Gasteiger charge is 2.26. The van der Waals surface area contributed by atoms with Gasteiger partial charge in [0.2, 0.25) is 0 Å². The quantitative estimate of drug-likeness (QED) is 0.760. The van der Waals surface area contributed by atoms with Crippen LogP contribution in [0.1, 0.15) is 18.1 Å². The number of hydrogen-bond donors (Lipinski definition) is 2. The molecule has 3 nitrogen and oxygen atoms in total. The van der Waals surface area contributed by atoms with Crippen molar-refractivity contribution < 1.29 is 14.3 Å². The van der Waals surface area contributed by atoms with Crippen LogP contribution in [-0.4, -0.2) is 11.0 Å². The fourth-order valence-electron chi connectivity index (χ4n) is 2.40. The van der Waals surface area contributed by atoms with Gasteiger partial charge in [-0.2, -0.15) is 0 Å². The Balaban J connectivity index is 2.20. The molecule has 2 N–H and O–H groups in total. The van der Waals surface area contributed by atoms with Crippen LogP contribution in [0.2, 0.25) is 0 Å². The molecule has 21 heavy (non-hydrogen) atoms. The lowest BCUT2D eigenvalue weighted by Crippen LogP contribution is -2.05. The third-order valence-corrected chi connectivity index (χ3v) is 3.97. The molecule has 0 atom stereocenters. The number of benzene rings is 2. The lowest BCUT2D eigenvalue weighted by atomic mass is 9.96. The molecule has 0 aromatic heterocycles. The molecule has 1 aliphatic heterocycles. The van der Waals surface area contributed by atoms with E-state index in [9.17, 15) is 14.3 Å². The van der Waals surface area contributed by atoms with E-state index in [0.29, 0.717) is 16.7 Å². The summed E-state index contributed by atoms with van der Waals surface area (Å²) in [5.74, 6) is -1.32. The molecule has 0 bridgehead atoms. The van der Waals surface area contributed by atoms with Gasteiger partial charge in [0.15, 0.2) is 11.6 Å². The third-order valence-electron chi connectivity index (χ3n) is 3.48. The minimum absolute atomic E-state index is 0.204. The topological polar surface area (TPSA) is 49.3 Å². The number of phenols is 1. The maximum atomic E-state index is 13.2. The van der Waals surface area contributed by atoms with E-state index in [1.165, 1.54) is 12.1 Å². The number of aromatic hydroxyl groups is 1. The highest BCUT2D eigenvalue weighted by atomic mass is 79.9. The van der Waals surface area contributed by atoms with Crippen LogP contribution in [0.3, 0.4) is 0 Å². The first kappa shape index (κ1) is 13.8. The summed E-state index contributed by atoms with van der Waals surface area (Å²) in [6.07, 6.45) is 0. The molecule has 0 radical (unpaired) electrons. The Bertz CT molecular complexity index is 799. The molecule has 1 heterocycles. The number of rotatable bonds is 1. The molecule has 0 saturated heterocycles. The first-order valence-corrected chi connectivity index (χ1v) is 7.07. The first-order chi connectivity index (χ1) is 9.97. The van der Waals surface area contributed by atoms with Gasteiger partial charge in [0.1, 0.15) is 0 Å². The summed E-state index contributed by atoms with van der Waals surface area (Å²) in [6.45, 7) is 1.78. The predicted octanol–water partition coefficient (Wildman–Crippen LogP) is 4.18. The van der Waals surface area contributed by atoms with Crippen molar-refractivity contribution in [3.8, 4) is 5.75 Å². The molecule has 0 saturated carbocycles. The molecular weight excluding hydrogens is 337 g/mol. The molecular formula is C16H11BrFNO2. The summed E-state index contributed by atoms with van der Waals surface area (Å²) < 4.78 is 14.0. The summed E-state index contributed by atoms with van der Waals surface area (Å²) in [4.78, 5) is 12.2. The van der Waals surface area contributed by atoms with Crippen LogP contribution in [0, 0.1) is 5.82 Å². The lowest BCUT2D eigenvalue weighted by Gasteiger charge is -2.07. The minimum atomic E-state index is -0.685. The number of amides is 1. The number of fused-ring (bicyclic) bond motifs is 1. The lowest BCUT2D eigenvalue weighted by molar-refractivity contribution is -0.110. The van der Waals surface area contributed by atoms with Gasteiger partial charge < -0.3 is 10.4 Å². The van der Waals surface area contributed by atoms with Crippen LogP contribution in [0.5, 0.6) is 5.75 Å². The predicted molar refractivity (Wildman–Crippen MR) is 83.3 cm³/mol. The molecule has 0 aliphatic carbocycles. The second-order valence-corrected chi connectivity index (χ2v) is 5.73. The van der Waals surface area contributed by atoms with Crippen molar-refractivity contribution in [3.05, 3.63) is 57.8 Å². The number of nitrogens with one attached hydrogen (secondary N) is 1. The summed E-state index contributed by atoms with van der Waals surface area (Å²) >= 11 is 3.39. The Kier molecular flexibility index (Phi) is 3.29. The van der Waals surface area contributed by atoms with Crippen molar-refractivity contribution in [1.82, 2.24) is 0 Å². The van der Waals surface area contributed by atoms with Crippen LogP contribution in [0.15, 0.2) is 40.9 Å². The minimum Gasteiger partial charge on any atom is -0.505 e. The van der Waals surface area contributed by atoms with E-state index < -0.39 is 11.6 Å². The number of halogens is 2. The summed E-state index contributed by atoms with van der Waals surface area (Å²) in [5, 5.41) is 12.3. The van der Waals surface area contributed by atoms with Gasteiger partial charge in [0, 0.05) is 15.7 Å². The SMILES string of the molecule is C/C(=C1\C(=O)Nc2ccc(Br)cc21)c1ccc(F)c(O)c1. The number of allylic oxidation sites excluding steroid dienone is 1. The normalized spacial score (nSPS) is 15.7. The molecule has 5 heteroatoms. The van der Waals surface area contributed by atoms with Gasteiger partial charge in [-0.1, -0.05) is 22.0 Å². The molecule has 0 spiro atoms. The maximum absolute atomic E-state index is 13.2. The molecule has 2 aromatic carbocycles. The number of carbonyl (C=O) groups is 1. The van der Waals surface area contributed by atoms with Gasteiger partial charge in [0.25, 0.3) is 5.91 Å². The Morgan fingerprint density at radius 1 is 1.24 bits per heavy atom. The smallest absolute Gasteiger partial charge is 0.256 e. The first-order valence-electron chi connectivity index (χ1n) is 6.28. The Morgan fingerprint density at radius 2 is 2.00 bits per heavy atom. The van der Waals surface area contributed by atoms with Crippen molar-refractivity contribution in [2.24, 2.45) is 0 Å². The van der Waals surface area contributed by atoms with Crippen molar-refractivity contribution in [2.75, 3.05) is 5.32 Å². The summed E-state index contributed by atoms with van der Waals surface area (Å²) in [7, 11) is 0. The van der Waals surface area contributed by atoms with Crippen LogP contribution in [-0.2, 0) is 4.79 Å². The van der Waals surface area contributed by atoms with Gasteiger partial charge in [-0.25, -0.2) is 4.39 Å². The van der Waals surface area contributed by atoms with Gasteiger partial charge in [-0.3, -0.25) is 4.79 Å². The Labute approximate surface area is 129 Å². The van der Waals surface area contributed by atoms with E-state index in [1.54, 1.807) is 13.0 Å². The highest BCUT2D eigenvalue weighted by Crippen LogP contribution is 2.38. The molecule has 0 fully saturated rings. The number of hydrogen-bond acceptors (Lipinski definition) is 2. The molecule has 1 aliphatic rings. The van der Waals surface area contributed by atoms with E-state index in [4.69, 9.17) is 0 Å². The van der Waals surface area contributed by atoms with Gasteiger partial charge in [-0.15, -0.1) is 0 Å². The average molecular weight is 348 g/mol. The Morgan fingerprint density at radius 3 is 2.71 bits per heavy atom. The zero-order valence-corrected chi connectivity index (χ0v) is 12.7. The van der Waals surface area contributed by atoms with Crippen molar-refractivity contribution >= 4 is 38.7 Å². The largest absolute Gasteiger partial charge is 0.505 e. The van der Waals surface area contributed by atoms with Crippen molar-refractivity contribution in [2.45, 2.75) is 6.92 Å². The van der Waals surface area contributed by atoms with E-state index >= 15 is 0 Å². The monoisotopic (exact) mass is 347 g/mol. The molecule has 1 amide bonds. The van der Waals surface area contributed by atoms with Gasteiger partial charge >= 0.3 is 0 Å². The zero-order chi connectivity index (χ0) is 15.1. The number of phenolic OH excluding ortho intramolecular Hbond substituents is 1. The van der Waals surface area contributed by atoms with Crippen molar-refractivity contribution in [1.29, 1.82) is 0 Å². The third kappa shape index (κ3) is 2.34. The maximum Gasteiger partial charge on any atom is 0.256 e. The second-order valence-electron chi connectivity index (χ2n) is 4.81. The van der Waals surface area contributed by atoms with E-state index in [0.717, 1.165) is 15.7 Å².